The molecule has 4 aromatic rings. The molecule has 1 aromatic heterocycles. The number of nitrogens with zero attached hydrogens (tertiary/aromatic N) is 2. The van der Waals surface area contributed by atoms with Crippen molar-refractivity contribution in [3.8, 4) is 0 Å². The number of benzene rings is 3. The van der Waals surface area contributed by atoms with Crippen LogP contribution in [0.4, 0.5) is 0 Å². The summed E-state index contributed by atoms with van der Waals surface area (Å²) in [4.78, 5) is 8.64. The highest BCUT2D eigenvalue weighted by atomic mass is 35.5. The van der Waals surface area contributed by atoms with Crippen molar-refractivity contribution in [2.45, 2.75) is 10.4 Å². The van der Waals surface area contributed by atoms with Crippen LogP contribution in [-0.2, 0) is 0 Å². The SMILES string of the molecule is Clc1cc(Cl)nc(SC(c2ccccc2)c2ccc3ccccc3c2)n1. The Hall–Kier alpha value is -2.07. The van der Waals surface area contributed by atoms with E-state index in [1.165, 1.54) is 21.9 Å². The van der Waals surface area contributed by atoms with Gasteiger partial charge in [-0.05, 0) is 28.0 Å². The van der Waals surface area contributed by atoms with Crippen LogP contribution in [0.1, 0.15) is 16.4 Å². The first-order chi connectivity index (χ1) is 12.7. The summed E-state index contributed by atoms with van der Waals surface area (Å²) in [6.07, 6.45) is 0. The Morgan fingerprint density at radius 2 is 1.31 bits per heavy atom. The second-order valence-corrected chi connectivity index (χ2v) is 7.66. The molecule has 1 heterocycles. The van der Waals surface area contributed by atoms with Crippen LogP contribution >= 0.6 is 35.0 Å². The molecule has 5 heteroatoms. The van der Waals surface area contributed by atoms with Gasteiger partial charge in [0.1, 0.15) is 10.3 Å². The summed E-state index contributed by atoms with van der Waals surface area (Å²) in [6, 6.07) is 26.7. The van der Waals surface area contributed by atoms with Gasteiger partial charge in [0.05, 0.1) is 5.25 Å². The highest BCUT2D eigenvalue weighted by Crippen LogP contribution is 2.40. The summed E-state index contributed by atoms with van der Waals surface area (Å²) < 4.78 is 0. The summed E-state index contributed by atoms with van der Waals surface area (Å²) in [5.41, 5.74) is 2.35. The molecule has 4 rings (SSSR count). The minimum Gasteiger partial charge on any atom is -0.210 e. The molecule has 0 saturated carbocycles. The zero-order valence-electron chi connectivity index (χ0n) is 13.6. The largest absolute Gasteiger partial charge is 0.210 e. The smallest absolute Gasteiger partial charge is 0.191 e. The first-order valence-corrected chi connectivity index (χ1v) is 9.73. The number of hydrogen-bond donors (Lipinski definition) is 0. The van der Waals surface area contributed by atoms with E-state index in [4.69, 9.17) is 23.2 Å². The van der Waals surface area contributed by atoms with Crippen LogP contribution in [0.3, 0.4) is 0 Å². The third kappa shape index (κ3) is 3.85. The Morgan fingerprint density at radius 1 is 0.654 bits per heavy atom. The minimum absolute atomic E-state index is 0.0374. The van der Waals surface area contributed by atoms with Gasteiger partial charge in [-0.3, -0.25) is 0 Å². The summed E-state index contributed by atoms with van der Waals surface area (Å²) in [6.45, 7) is 0. The quantitative estimate of drug-likeness (QED) is 0.215. The van der Waals surface area contributed by atoms with Crippen LogP contribution in [-0.4, -0.2) is 9.97 Å². The van der Waals surface area contributed by atoms with Crippen LogP contribution in [0.15, 0.2) is 84.0 Å². The Balaban J connectivity index is 1.79. The van der Waals surface area contributed by atoms with Crippen molar-refractivity contribution in [3.05, 3.63) is 100 Å². The summed E-state index contributed by atoms with van der Waals surface area (Å²) in [7, 11) is 0. The van der Waals surface area contributed by atoms with Gasteiger partial charge in [0.25, 0.3) is 0 Å². The van der Waals surface area contributed by atoms with E-state index in [1.54, 1.807) is 17.8 Å². The molecule has 26 heavy (non-hydrogen) atoms. The molecule has 0 aliphatic heterocycles. The predicted octanol–water partition coefficient (Wildman–Crippen LogP) is 6.82. The lowest BCUT2D eigenvalue weighted by molar-refractivity contribution is 0.959. The van der Waals surface area contributed by atoms with Crippen molar-refractivity contribution in [1.82, 2.24) is 9.97 Å². The molecule has 1 unspecified atom stereocenters. The fourth-order valence-electron chi connectivity index (χ4n) is 2.86. The van der Waals surface area contributed by atoms with Gasteiger partial charge in [-0.1, -0.05) is 102 Å². The molecule has 0 radical (unpaired) electrons. The fourth-order valence-corrected chi connectivity index (χ4v) is 4.47. The molecule has 0 aliphatic carbocycles. The Labute approximate surface area is 166 Å². The van der Waals surface area contributed by atoms with E-state index in [9.17, 15) is 0 Å². The van der Waals surface area contributed by atoms with E-state index in [1.807, 2.05) is 24.3 Å². The third-order valence-corrected chi connectivity index (χ3v) is 5.61. The normalized spacial score (nSPS) is 12.2. The first-order valence-electron chi connectivity index (χ1n) is 8.09. The first kappa shape index (κ1) is 17.3. The van der Waals surface area contributed by atoms with Crippen LogP contribution < -0.4 is 0 Å². The number of fused-ring (bicyclic) bond motifs is 1. The van der Waals surface area contributed by atoms with E-state index in [2.05, 4.69) is 58.5 Å². The van der Waals surface area contributed by atoms with Crippen LogP contribution in [0.25, 0.3) is 10.8 Å². The van der Waals surface area contributed by atoms with Gasteiger partial charge in [-0.15, -0.1) is 0 Å². The van der Waals surface area contributed by atoms with Crippen LogP contribution in [0.2, 0.25) is 10.3 Å². The van der Waals surface area contributed by atoms with Crippen molar-refractivity contribution >= 4 is 45.7 Å². The number of rotatable bonds is 4. The standard InChI is InChI=1S/C21H14Cl2N2S/c22-18-13-19(23)25-21(24-18)26-20(15-7-2-1-3-8-15)17-11-10-14-6-4-5-9-16(14)12-17/h1-13,20H. The van der Waals surface area contributed by atoms with E-state index in [-0.39, 0.29) is 5.25 Å². The maximum absolute atomic E-state index is 6.05. The van der Waals surface area contributed by atoms with Gasteiger partial charge in [-0.2, -0.15) is 0 Å². The van der Waals surface area contributed by atoms with Gasteiger partial charge in [-0.25, -0.2) is 9.97 Å². The molecule has 0 amide bonds. The molecule has 0 spiro atoms. The van der Waals surface area contributed by atoms with Crippen LogP contribution in [0, 0.1) is 0 Å². The van der Waals surface area contributed by atoms with E-state index in [0.717, 1.165) is 0 Å². The highest BCUT2D eigenvalue weighted by Gasteiger charge is 2.18. The van der Waals surface area contributed by atoms with E-state index < -0.39 is 0 Å². The molecule has 128 valence electrons. The molecule has 0 saturated heterocycles. The lowest BCUT2D eigenvalue weighted by atomic mass is 10.0. The van der Waals surface area contributed by atoms with Crippen LogP contribution in [0.5, 0.6) is 0 Å². The second kappa shape index (κ2) is 7.67. The number of aromatic nitrogens is 2. The zero-order chi connectivity index (χ0) is 17.9. The van der Waals surface area contributed by atoms with Crippen molar-refractivity contribution in [2.24, 2.45) is 0 Å². The Morgan fingerprint density at radius 3 is 2.04 bits per heavy atom. The van der Waals surface area contributed by atoms with Gasteiger partial charge < -0.3 is 0 Å². The number of thioether (sulfide) groups is 1. The van der Waals surface area contributed by atoms with Crippen molar-refractivity contribution in [3.63, 3.8) is 0 Å². The minimum atomic E-state index is 0.0374. The van der Waals surface area contributed by atoms with Crippen molar-refractivity contribution in [2.75, 3.05) is 0 Å². The Kier molecular flexibility index (Phi) is 5.11. The average molecular weight is 397 g/mol. The monoisotopic (exact) mass is 396 g/mol. The van der Waals surface area contributed by atoms with Gasteiger partial charge >= 0.3 is 0 Å². The fraction of sp³-hybridized carbons (Fsp3) is 0.0476. The molecule has 0 N–H and O–H groups in total. The molecule has 0 fully saturated rings. The maximum atomic E-state index is 6.05. The Bertz CT molecular complexity index is 1030. The highest BCUT2D eigenvalue weighted by molar-refractivity contribution is 7.99. The van der Waals surface area contributed by atoms with E-state index >= 15 is 0 Å². The van der Waals surface area contributed by atoms with E-state index in [0.29, 0.717) is 15.5 Å². The zero-order valence-corrected chi connectivity index (χ0v) is 16.0. The van der Waals surface area contributed by atoms with Gasteiger partial charge in [0, 0.05) is 6.07 Å². The van der Waals surface area contributed by atoms with Gasteiger partial charge in [0.15, 0.2) is 5.16 Å². The lowest BCUT2D eigenvalue weighted by Crippen LogP contribution is -1.99. The molecular weight excluding hydrogens is 383 g/mol. The topological polar surface area (TPSA) is 25.8 Å². The van der Waals surface area contributed by atoms with Crippen molar-refractivity contribution < 1.29 is 0 Å². The summed E-state index contributed by atoms with van der Waals surface area (Å²) in [5.74, 6) is 0. The average Bonchev–Trinajstić information content (AvgIpc) is 2.66. The molecule has 2 nitrogen and oxygen atoms in total. The number of hydrogen-bond acceptors (Lipinski definition) is 3. The molecule has 0 bridgehead atoms. The number of halogens is 2. The second-order valence-electron chi connectivity index (χ2n) is 5.81. The molecule has 3 aromatic carbocycles. The molecule has 1 atom stereocenters. The predicted molar refractivity (Wildman–Crippen MR) is 110 cm³/mol. The maximum Gasteiger partial charge on any atom is 0.191 e. The molecular formula is C21H14Cl2N2S. The summed E-state index contributed by atoms with van der Waals surface area (Å²) >= 11 is 13.7. The third-order valence-electron chi connectivity index (χ3n) is 4.04. The van der Waals surface area contributed by atoms with Gasteiger partial charge in [0.2, 0.25) is 0 Å². The summed E-state index contributed by atoms with van der Waals surface area (Å²) in [5, 5.41) is 3.71. The van der Waals surface area contributed by atoms with Crippen molar-refractivity contribution in [1.29, 1.82) is 0 Å². The molecule has 0 aliphatic rings. The lowest BCUT2D eigenvalue weighted by Gasteiger charge is -2.17.